The second kappa shape index (κ2) is 4.55. The van der Waals surface area contributed by atoms with Gasteiger partial charge in [0.2, 0.25) is 0 Å². The van der Waals surface area contributed by atoms with Gasteiger partial charge in [-0.05, 0) is 6.08 Å². The fourth-order valence-corrected chi connectivity index (χ4v) is 2.66. The molecule has 2 rings (SSSR count). The van der Waals surface area contributed by atoms with Crippen LogP contribution in [0.2, 0.25) is 0 Å². The number of nitrogens with zero attached hydrogens (tertiary/aromatic N) is 2. The summed E-state index contributed by atoms with van der Waals surface area (Å²) in [6.07, 6.45) is 2.86. The zero-order chi connectivity index (χ0) is 11.5. The van der Waals surface area contributed by atoms with Crippen molar-refractivity contribution in [1.82, 2.24) is 4.90 Å². The number of allylic oxidation sites excluding steroid dienone is 1. The van der Waals surface area contributed by atoms with Crippen LogP contribution in [0.5, 0.6) is 0 Å². The summed E-state index contributed by atoms with van der Waals surface area (Å²) in [6.45, 7) is 0.771. The lowest BCUT2D eigenvalue weighted by molar-refractivity contribution is -0.138. The number of aliphatic carboxylic acids is 1. The van der Waals surface area contributed by atoms with Crippen LogP contribution < -0.4 is 0 Å². The van der Waals surface area contributed by atoms with E-state index >= 15 is 0 Å². The van der Waals surface area contributed by atoms with Crippen molar-refractivity contribution >= 4 is 29.5 Å². The molecule has 1 unspecified atom stereocenters. The molecule has 0 bridgehead atoms. The summed E-state index contributed by atoms with van der Waals surface area (Å²) in [4.78, 5) is 27.8. The lowest BCUT2D eigenvalue weighted by Crippen LogP contribution is -2.39. The molecular weight excluding hydrogens is 228 g/mol. The maximum atomic E-state index is 11.1. The first-order chi connectivity index (χ1) is 7.74. The maximum absolute atomic E-state index is 11.1. The molecule has 0 aliphatic carbocycles. The van der Waals surface area contributed by atoms with Crippen LogP contribution in [0.15, 0.2) is 22.8 Å². The molecular formula is C10H10N2O3S. The van der Waals surface area contributed by atoms with Gasteiger partial charge < -0.3 is 10.0 Å². The molecule has 1 saturated heterocycles. The number of hydrogen-bond acceptors (Lipinski definition) is 5. The van der Waals surface area contributed by atoms with Crippen LogP contribution in [0, 0.1) is 5.92 Å². The second-order valence-corrected chi connectivity index (χ2v) is 4.51. The number of hydrogen-bond donors (Lipinski definition) is 1. The van der Waals surface area contributed by atoms with E-state index in [1.54, 1.807) is 17.7 Å². The molecule has 0 aromatic rings. The third-order valence-electron chi connectivity index (χ3n) is 2.47. The fourth-order valence-electron chi connectivity index (χ4n) is 1.70. The summed E-state index contributed by atoms with van der Waals surface area (Å²) < 4.78 is 0. The van der Waals surface area contributed by atoms with E-state index in [2.05, 4.69) is 4.99 Å². The zero-order valence-electron chi connectivity index (χ0n) is 8.42. The molecule has 2 heterocycles. The number of carbonyl (C=O) groups excluding carboxylic acids is 1. The van der Waals surface area contributed by atoms with Crippen molar-refractivity contribution in [2.45, 2.75) is 0 Å². The summed E-state index contributed by atoms with van der Waals surface area (Å²) in [5.41, 5.74) is 0.134. The molecule has 0 aromatic heterocycles. The third kappa shape index (κ3) is 1.89. The van der Waals surface area contributed by atoms with Crippen molar-refractivity contribution in [3.63, 3.8) is 0 Å². The molecule has 1 fully saturated rings. The van der Waals surface area contributed by atoms with Crippen molar-refractivity contribution in [3.05, 3.63) is 17.8 Å². The van der Waals surface area contributed by atoms with Gasteiger partial charge in [-0.15, -0.1) is 11.8 Å². The highest BCUT2D eigenvalue weighted by molar-refractivity contribution is 7.99. The molecule has 0 saturated carbocycles. The van der Waals surface area contributed by atoms with Gasteiger partial charge in [0, 0.05) is 18.5 Å². The minimum absolute atomic E-state index is 0.134. The molecule has 2 aliphatic rings. The van der Waals surface area contributed by atoms with E-state index in [0.717, 1.165) is 18.2 Å². The van der Waals surface area contributed by atoms with Crippen molar-refractivity contribution in [1.29, 1.82) is 0 Å². The summed E-state index contributed by atoms with van der Waals surface area (Å²) in [5.74, 6) is 1.77. The van der Waals surface area contributed by atoms with E-state index < -0.39 is 11.9 Å². The number of rotatable bonds is 1. The molecule has 84 valence electrons. The number of thioether (sulfide) groups is 1. The Morgan fingerprint density at radius 1 is 1.69 bits per heavy atom. The van der Waals surface area contributed by atoms with Crippen LogP contribution in [0.4, 0.5) is 0 Å². The standard InChI is InChI=1S/C10H10N2O3S/c13-5-7-1-2-11-9(8(7)10(14)15)12-3-4-16-6-12/h1-2,8H,3-4,6H2,(H,14,15). The van der Waals surface area contributed by atoms with Crippen LogP contribution in [-0.2, 0) is 9.59 Å². The fraction of sp³-hybridized carbons (Fsp3) is 0.400. The summed E-state index contributed by atoms with van der Waals surface area (Å²) in [6, 6.07) is 0. The minimum Gasteiger partial charge on any atom is -0.480 e. The first-order valence-corrected chi connectivity index (χ1v) is 5.94. The number of aliphatic imine (C=N–C) groups is 1. The predicted octanol–water partition coefficient (Wildman–Crippen LogP) is 0.377. The molecule has 1 N–H and O–H groups in total. The van der Waals surface area contributed by atoms with Crippen LogP contribution in [0.1, 0.15) is 0 Å². The lowest BCUT2D eigenvalue weighted by atomic mass is 9.96. The monoisotopic (exact) mass is 238 g/mol. The molecule has 0 radical (unpaired) electrons. The maximum Gasteiger partial charge on any atom is 0.319 e. The number of carboxylic acids is 1. The normalized spacial score (nSPS) is 24.2. The van der Waals surface area contributed by atoms with E-state index in [1.807, 2.05) is 4.90 Å². The third-order valence-corrected chi connectivity index (χ3v) is 3.44. The van der Waals surface area contributed by atoms with E-state index in [9.17, 15) is 9.59 Å². The van der Waals surface area contributed by atoms with Crippen molar-refractivity contribution < 1.29 is 14.7 Å². The van der Waals surface area contributed by atoms with Gasteiger partial charge in [-0.1, -0.05) is 0 Å². The molecule has 6 heteroatoms. The van der Waals surface area contributed by atoms with Gasteiger partial charge in [0.1, 0.15) is 17.7 Å². The second-order valence-electron chi connectivity index (χ2n) is 3.43. The summed E-state index contributed by atoms with van der Waals surface area (Å²) >= 11 is 1.72. The number of amidine groups is 1. The molecule has 0 spiro atoms. The van der Waals surface area contributed by atoms with Gasteiger partial charge in [0.05, 0.1) is 11.4 Å². The first-order valence-electron chi connectivity index (χ1n) is 4.79. The SMILES string of the molecule is O=C=C1C=CN=C(N2CCSC2)C1C(=O)O. The molecule has 0 amide bonds. The highest BCUT2D eigenvalue weighted by Crippen LogP contribution is 2.24. The molecule has 16 heavy (non-hydrogen) atoms. The Morgan fingerprint density at radius 2 is 2.50 bits per heavy atom. The average molecular weight is 238 g/mol. The minimum atomic E-state index is -1.06. The summed E-state index contributed by atoms with van der Waals surface area (Å²) in [5, 5.41) is 9.12. The van der Waals surface area contributed by atoms with E-state index in [4.69, 9.17) is 5.11 Å². The summed E-state index contributed by atoms with van der Waals surface area (Å²) in [7, 11) is 0. The Hall–Kier alpha value is -1.52. The average Bonchev–Trinajstić information content (AvgIpc) is 2.81. The number of carboxylic acid groups (broad SMARTS) is 1. The quantitative estimate of drug-likeness (QED) is 0.669. The largest absolute Gasteiger partial charge is 0.480 e. The van der Waals surface area contributed by atoms with Crippen LogP contribution >= 0.6 is 11.8 Å². The van der Waals surface area contributed by atoms with Gasteiger partial charge in [0.25, 0.3) is 0 Å². The highest BCUT2D eigenvalue weighted by atomic mass is 32.2. The van der Waals surface area contributed by atoms with Gasteiger partial charge in [0.15, 0.2) is 0 Å². The van der Waals surface area contributed by atoms with Gasteiger partial charge >= 0.3 is 5.97 Å². The van der Waals surface area contributed by atoms with Crippen LogP contribution in [0.3, 0.4) is 0 Å². The number of carbonyl (C=O) groups is 1. The van der Waals surface area contributed by atoms with Crippen molar-refractivity contribution in [2.24, 2.45) is 10.9 Å². The van der Waals surface area contributed by atoms with Crippen molar-refractivity contribution in [3.8, 4) is 0 Å². The van der Waals surface area contributed by atoms with E-state index in [1.165, 1.54) is 12.3 Å². The van der Waals surface area contributed by atoms with Gasteiger partial charge in [-0.2, -0.15) is 0 Å². The Kier molecular flexibility index (Phi) is 3.12. The van der Waals surface area contributed by atoms with E-state index in [0.29, 0.717) is 5.84 Å². The first kappa shape index (κ1) is 11.0. The molecule has 1 atom stereocenters. The Balaban J connectivity index is 2.33. The lowest BCUT2D eigenvalue weighted by Gasteiger charge is -2.25. The van der Waals surface area contributed by atoms with E-state index in [-0.39, 0.29) is 5.57 Å². The molecule has 5 nitrogen and oxygen atoms in total. The van der Waals surface area contributed by atoms with Crippen LogP contribution in [0.25, 0.3) is 0 Å². The predicted molar refractivity (Wildman–Crippen MR) is 60.9 cm³/mol. The zero-order valence-corrected chi connectivity index (χ0v) is 9.24. The van der Waals surface area contributed by atoms with Gasteiger partial charge in [-0.25, -0.2) is 9.79 Å². The van der Waals surface area contributed by atoms with Crippen LogP contribution in [-0.4, -0.2) is 45.9 Å². The molecule has 2 aliphatic heterocycles. The Labute approximate surface area is 96.5 Å². The van der Waals surface area contributed by atoms with Gasteiger partial charge in [-0.3, -0.25) is 4.79 Å². The topological polar surface area (TPSA) is 70.0 Å². The smallest absolute Gasteiger partial charge is 0.319 e. The Morgan fingerprint density at radius 3 is 3.06 bits per heavy atom. The highest BCUT2D eigenvalue weighted by Gasteiger charge is 2.34. The van der Waals surface area contributed by atoms with Crippen molar-refractivity contribution in [2.75, 3.05) is 18.2 Å². The molecule has 0 aromatic carbocycles. The Bertz CT molecular complexity index is 418.